The molecule has 12 heavy (non-hydrogen) atoms. The molecule has 0 atom stereocenters. The lowest BCUT2D eigenvalue weighted by molar-refractivity contribution is -0.110. The van der Waals surface area contributed by atoms with Gasteiger partial charge in [0.25, 0.3) is 0 Å². The van der Waals surface area contributed by atoms with Crippen molar-refractivity contribution in [3.63, 3.8) is 0 Å². The van der Waals surface area contributed by atoms with Crippen molar-refractivity contribution in [3.8, 4) is 0 Å². The fourth-order valence-electron chi connectivity index (χ4n) is 0.530. The summed E-state index contributed by atoms with van der Waals surface area (Å²) in [5, 5.41) is 0.205. The van der Waals surface area contributed by atoms with E-state index in [0.29, 0.717) is 12.3 Å². The predicted molar refractivity (Wildman–Crippen MR) is 64.0 cm³/mol. The maximum absolute atomic E-state index is 10.9. The summed E-state index contributed by atoms with van der Waals surface area (Å²) in [6.07, 6.45) is 0.490. The van der Waals surface area contributed by atoms with Gasteiger partial charge in [-0.25, -0.2) is 0 Å². The second kappa shape index (κ2) is 10.1. The topological polar surface area (TPSA) is 17.1 Å². The van der Waals surface area contributed by atoms with Gasteiger partial charge in [0, 0.05) is 29.6 Å². The molecule has 0 N–H and O–H groups in total. The summed E-state index contributed by atoms with van der Waals surface area (Å²) in [6, 6.07) is 0. The molecular weight excluding hydrogens is 232 g/mol. The Morgan fingerprint density at radius 1 is 1.33 bits per heavy atom. The molecule has 0 heterocycles. The summed E-state index contributed by atoms with van der Waals surface area (Å²) in [6.45, 7) is 0. The molecule has 5 heteroatoms. The van der Waals surface area contributed by atoms with Crippen molar-refractivity contribution >= 4 is 52.9 Å². The minimum atomic E-state index is 0.205. The van der Waals surface area contributed by atoms with E-state index in [-0.39, 0.29) is 5.12 Å². The van der Waals surface area contributed by atoms with Crippen LogP contribution in [0.5, 0.6) is 0 Å². The van der Waals surface area contributed by atoms with Crippen LogP contribution < -0.4 is 0 Å². The standard InChI is InChI=1S/C7H13ClOS3/c8-2-1-7(9)12-6-5-11-4-3-10/h10H,1-6H2. The number of thiol groups is 1. The van der Waals surface area contributed by atoms with Gasteiger partial charge in [-0.15, -0.1) is 11.6 Å². The van der Waals surface area contributed by atoms with Crippen molar-refractivity contribution in [1.82, 2.24) is 0 Å². The van der Waals surface area contributed by atoms with Crippen LogP contribution in [-0.2, 0) is 4.79 Å². The fourth-order valence-corrected chi connectivity index (χ4v) is 2.81. The number of hydrogen-bond acceptors (Lipinski definition) is 4. The van der Waals surface area contributed by atoms with Crippen molar-refractivity contribution in [2.75, 3.05) is 28.9 Å². The van der Waals surface area contributed by atoms with Crippen LogP contribution in [0.2, 0.25) is 0 Å². The van der Waals surface area contributed by atoms with Crippen molar-refractivity contribution in [3.05, 3.63) is 0 Å². The maximum Gasteiger partial charge on any atom is 0.190 e. The molecule has 0 radical (unpaired) electrons. The zero-order valence-electron chi connectivity index (χ0n) is 6.79. The van der Waals surface area contributed by atoms with Gasteiger partial charge in [-0.3, -0.25) is 4.79 Å². The Morgan fingerprint density at radius 2 is 2.08 bits per heavy atom. The average Bonchev–Trinajstić information content (AvgIpc) is 2.05. The first-order valence-corrected chi connectivity index (χ1v) is 7.02. The summed E-state index contributed by atoms with van der Waals surface area (Å²) < 4.78 is 0. The number of hydrogen-bond donors (Lipinski definition) is 1. The van der Waals surface area contributed by atoms with Gasteiger partial charge in [0.05, 0.1) is 0 Å². The largest absolute Gasteiger partial charge is 0.287 e. The van der Waals surface area contributed by atoms with E-state index in [1.807, 2.05) is 11.8 Å². The van der Waals surface area contributed by atoms with Crippen LogP contribution in [0, 0.1) is 0 Å². The normalized spacial score (nSPS) is 10.2. The summed E-state index contributed by atoms with van der Waals surface area (Å²) >= 11 is 12.7. The van der Waals surface area contributed by atoms with Crippen molar-refractivity contribution in [2.24, 2.45) is 0 Å². The summed E-state index contributed by atoms with van der Waals surface area (Å²) in [7, 11) is 0. The summed E-state index contributed by atoms with van der Waals surface area (Å²) in [4.78, 5) is 10.9. The van der Waals surface area contributed by atoms with Crippen molar-refractivity contribution in [1.29, 1.82) is 0 Å². The third-order valence-electron chi connectivity index (χ3n) is 1.02. The first-order valence-electron chi connectivity index (χ1n) is 3.71. The van der Waals surface area contributed by atoms with Crippen LogP contribution >= 0.6 is 47.8 Å². The Morgan fingerprint density at radius 3 is 2.67 bits per heavy atom. The lowest BCUT2D eigenvalue weighted by Gasteiger charge is -1.98. The minimum Gasteiger partial charge on any atom is -0.287 e. The van der Waals surface area contributed by atoms with E-state index in [1.54, 1.807) is 0 Å². The summed E-state index contributed by atoms with van der Waals surface area (Å²) in [5.41, 5.74) is 0. The zero-order chi connectivity index (χ0) is 9.23. The maximum atomic E-state index is 10.9. The number of halogens is 1. The number of carbonyl (C=O) groups is 1. The number of alkyl halides is 1. The highest BCUT2D eigenvalue weighted by atomic mass is 35.5. The molecule has 1 nitrogen and oxygen atoms in total. The molecule has 0 amide bonds. The van der Waals surface area contributed by atoms with E-state index >= 15 is 0 Å². The van der Waals surface area contributed by atoms with E-state index in [4.69, 9.17) is 11.6 Å². The van der Waals surface area contributed by atoms with Crippen LogP contribution in [0.4, 0.5) is 0 Å². The molecule has 0 saturated heterocycles. The van der Waals surface area contributed by atoms with Crippen LogP contribution in [-0.4, -0.2) is 34.0 Å². The molecule has 0 aliphatic heterocycles. The van der Waals surface area contributed by atoms with Gasteiger partial charge in [-0.1, -0.05) is 11.8 Å². The molecule has 0 aromatic carbocycles. The fraction of sp³-hybridized carbons (Fsp3) is 0.857. The monoisotopic (exact) mass is 244 g/mol. The van der Waals surface area contributed by atoms with Gasteiger partial charge in [-0.05, 0) is 5.75 Å². The van der Waals surface area contributed by atoms with E-state index in [1.165, 1.54) is 11.8 Å². The smallest absolute Gasteiger partial charge is 0.190 e. The lowest BCUT2D eigenvalue weighted by atomic mass is 10.6. The van der Waals surface area contributed by atoms with E-state index < -0.39 is 0 Å². The zero-order valence-corrected chi connectivity index (χ0v) is 10.1. The third-order valence-corrected chi connectivity index (χ3v) is 3.92. The molecule has 0 aromatic rings. The Bertz CT molecular complexity index is 121. The predicted octanol–water partition coefficient (Wildman–Crippen LogP) is 2.54. The molecule has 0 fully saturated rings. The average molecular weight is 245 g/mol. The van der Waals surface area contributed by atoms with Crippen LogP contribution in [0.3, 0.4) is 0 Å². The van der Waals surface area contributed by atoms with Gasteiger partial charge >= 0.3 is 0 Å². The third kappa shape index (κ3) is 9.10. The Balaban J connectivity index is 3.03. The minimum absolute atomic E-state index is 0.205. The van der Waals surface area contributed by atoms with E-state index in [9.17, 15) is 4.79 Å². The van der Waals surface area contributed by atoms with E-state index in [2.05, 4.69) is 12.6 Å². The molecule has 0 aromatic heterocycles. The van der Waals surface area contributed by atoms with Crippen molar-refractivity contribution in [2.45, 2.75) is 6.42 Å². The first-order chi connectivity index (χ1) is 5.81. The van der Waals surface area contributed by atoms with Gasteiger partial charge in [0.1, 0.15) is 0 Å². The van der Waals surface area contributed by atoms with Crippen LogP contribution in [0.25, 0.3) is 0 Å². The number of thioether (sulfide) groups is 2. The van der Waals surface area contributed by atoms with Gasteiger partial charge in [-0.2, -0.15) is 24.4 Å². The molecule has 0 aliphatic carbocycles. The molecule has 72 valence electrons. The SMILES string of the molecule is O=C(CCCl)SCCSCCS. The van der Waals surface area contributed by atoms with Gasteiger partial charge in [0.2, 0.25) is 0 Å². The molecule has 0 aliphatic rings. The van der Waals surface area contributed by atoms with Crippen LogP contribution in [0.15, 0.2) is 0 Å². The van der Waals surface area contributed by atoms with Crippen LogP contribution in [0.1, 0.15) is 6.42 Å². The second-order valence-electron chi connectivity index (χ2n) is 2.00. The molecule has 0 rings (SSSR count). The first kappa shape index (κ1) is 13.0. The Kier molecular flexibility index (Phi) is 10.9. The van der Waals surface area contributed by atoms with E-state index in [0.717, 1.165) is 23.0 Å². The second-order valence-corrected chi connectivity index (χ2v) is 5.20. The highest BCUT2D eigenvalue weighted by Gasteiger charge is 2.00. The molecule has 0 bridgehead atoms. The highest BCUT2D eigenvalue weighted by Crippen LogP contribution is 2.10. The quantitative estimate of drug-likeness (QED) is 0.422. The van der Waals surface area contributed by atoms with Crippen molar-refractivity contribution < 1.29 is 4.79 Å². The molecule has 0 saturated carbocycles. The molecule has 0 spiro atoms. The lowest BCUT2D eigenvalue weighted by Crippen LogP contribution is -1.96. The molecular formula is C7H13ClOS3. The number of carbonyl (C=O) groups excluding carboxylic acids is 1. The molecule has 0 unspecified atom stereocenters. The van der Waals surface area contributed by atoms with Gasteiger partial charge < -0.3 is 0 Å². The number of rotatable bonds is 7. The Labute approximate surface area is 92.8 Å². The van der Waals surface area contributed by atoms with Gasteiger partial charge in [0.15, 0.2) is 5.12 Å². The Hall–Kier alpha value is 1.01. The highest BCUT2D eigenvalue weighted by molar-refractivity contribution is 8.14. The summed E-state index contributed by atoms with van der Waals surface area (Å²) in [5.74, 6) is 4.33.